The minimum absolute atomic E-state index is 0.817. The van der Waals surface area contributed by atoms with Crippen molar-refractivity contribution in [1.29, 1.82) is 0 Å². The quantitative estimate of drug-likeness (QED) is 0.613. The van der Waals surface area contributed by atoms with E-state index in [0.717, 1.165) is 11.7 Å². The Balaban J connectivity index is 2.16. The van der Waals surface area contributed by atoms with Crippen LogP contribution in [0.1, 0.15) is 23.5 Å². The van der Waals surface area contributed by atoms with Crippen LogP contribution in [0.5, 0.6) is 5.75 Å². The van der Waals surface area contributed by atoms with Crippen LogP contribution in [0.3, 0.4) is 0 Å². The van der Waals surface area contributed by atoms with E-state index in [4.69, 9.17) is 4.74 Å². The van der Waals surface area contributed by atoms with Gasteiger partial charge in [-0.15, -0.1) is 0 Å². The zero-order chi connectivity index (χ0) is 9.26. The molecule has 1 aliphatic carbocycles. The zero-order valence-corrected chi connectivity index (χ0v) is 9.87. The number of halogens is 1. The van der Waals surface area contributed by atoms with Gasteiger partial charge in [0.1, 0.15) is 5.75 Å². The van der Waals surface area contributed by atoms with E-state index in [-0.39, 0.29) is 0 Å². The lowest BCUT2D eigenvalue weighted by Crippen LogP contribution is -2.17. The van der Waals surface area contributed by atoms with Crippen LogP contribution in [0.15, 0.2) is 18.2 Å². The Kier molecular flexibility index (Phi) is 2.77. The normalized spacial score (nSPS) is 19.1. The molecule has 0 N–H and O–H groups in total. The molecule has 0 saturated carbocycles. The van der Waals surface area contributed by atoms with E-state index in [9.17, 15) is 0 Å². The van der Waals surface area contributed by atoms with Gasteiger partial charge in [-0.25, -0.2) is 0 Å². The van der Waals surface area contributed by atoms with Crippen LogP contribution >= 0.6 is 22.6 Å². The zero-order valence-electron chi connectivity index (χ0n) is 7.72. The number of rotatable bonds is 3. The average Bonchev–Trinajstić information content (AvgIpc) is 2.14. The minimum atomic E-state index is 0.817. The third-order valence-corrected chi connectivity index (χ3v) is 3.34. The van der Waals surface area contributed by atoms with Crippen molar-refractivity contribution in [3.8, 4) is 5.75 Å². The first-order valence-electron chi connectivity index (χ1n) is 4.58. The Morgan fingerprint density at radius 3 is 3.00 bits per heavy atom. The molecular formula is C11H13IO. The van der Waals surface area contributed by atoms with Crippen LogP contribution in [-0.2, 0) is 6.42 Å². The molecule has 0 spiro atoms. The number of ether oxygens (including phenoxy) is 1. The summed E-state index contributed by atoms with van der Waals surface area (Å²) in [5.74, 6) is 1.81. The van der Waals surface area contributed by atoms with Gasteiger partial charge in [0, 0.05) is 4.43 Å². The van der Waals surface area contributed by atoms with Gasteiger partial charge in [-0.1, -0.05) is 28.7 Å². The SMILES string of the molecule is COc1ccc2c(c1)CC2CCI. The summed E-state index contributed by atoms with van der Waals surface area (Å²) >= 11 is 2.45. The maximum Gasteiger partial charge on any atom is 0.119 e. The van der Waals surface area contributed by atoms with Gasteiger partial charge in [0.25, 0.3) is 0 Å². The van der Waals surface area contributed by atoms with Crippen LogP contribution in [0.25, 0.3) is 0 Å². The molecule has 0 aliphatic heterocycles. The molecule has 0 fully saturated rings. The van der Waals surface area contributed by atoms with Gasteiger partial charge in [0.2, 0.25) is 0 Å². The van der Waals surface area contributed by atoms with Crippen LogP contribution in [0.2, 0.25) is 0 Å². The molecule has 1 aromatic carbocycles. The minimum Gasteiger partial charge on any atom is -0.497 e. The van der Waals surface area contributed by atoms with Crippen molar-refractivity contribution in [1.82, 2.24) is 0 Å². The lowest BCUT2D eigenvalue weighted by molar-refractivity contribution is 0.412. The molecule has 0 bridgehead atoms. The second-order valence-electron chi connectivity index (χ2n) is 3.44. The second kappa shape index (κ2) is 3.86. The number of hydrogen-bond acceptors (Lipinski definition) is 1. The summed E-state index contributed by atoms with van der Waals surface area (Å²) in [6, 6.07) is 6.45. The first kappa shape index (κ1) is 9.31. The number of fused-ring (bicyclic) bond motifs is 1. The van der Waals surface area contributed by atoms with Crippen molar-refractivity contribution >= 4 is 22.6 Å². The van der Waals surface area contributed by atoms with Crippen LogP contribution in [0.4, 0.5) is 0 Å². The van der Waals surface area contributed by atoms with Crippen molar-refractivity contribution in [3.05, 3.63) is 29.3 Å². The van der Waals surface area contributed by atoms with E-state index < -0.39 is 0 Å². The highest BCUT2D eigenvalue weighted by molar-refractivity contribution is 14.1. The molecule has 70 valence electrons. The lowest BCUT2D eigenvalue weighted by atomic mass is 9.76. The second-order valence-corrected chi connectivity index (χ2v) is 4.52. The largest absolute Gasteiger partial charge is 0.497 e. The Labute approximate surface area is 92.6 Å². The summed E-state index contributed by atoms with van der Waals surface area (Å²) in [5, 5.41) is 0. The maximum absolute atomic E-state index is 5.18. The van der Waals surface area contributed by atoms with Gasteiger partial charge in [0.15, 0.2) is 0 Å². The highest BCUT2D eigenvalue weighted by Crippen LogP contribution is 2.39. The van der Waals surface area contributed by atoms with Crippen molar-refractivity contribution in [2.24, 2.45) is 0 Å². The fourth-order valence-electron chi connectivity index (χ4n) is 1.92. The molecule has 0 saturated heterocycles. The molecule has 0 amide bonds. The summed E-state index contributed by atoms with van der Waals surface area (Å²) in [4.78, 5) is 0. The predicted octanol–water partition coefficient (Wildman–Crippen LogP) is 3.16. The summed E-state index contributed by atoms with van der Waals surface area (Å²) in [6.07, 6.45) is 2.56. The maximum atomic E-state index is 5.18. The Morgan fingerprint density at radius 1 is 1.54 bits per heavy atom. The van der Waals surface area contributed by atoms with E-state index in [1.165, 1.54) is 28.4 Å². The molecule has 2 heteroatoms. The molecule has 1 nitrogen and oxygen atoms in total. The highest BCUT2D eigenvalue weighted by Gasteiger charge is 2.25. The van der Waals surface area contributed by atoms with E-state index in [2.05, 4.69) is 40.8 Å². The topological polar surface area (TPSA) is 9.23 Å². The van der Waals surface area contributed by atoms with Crippen LogP contribution in [-0.4, -0.2) is 11.5 Å². The summed E-state index contributed by atoms with van der Waals surface area (Å²) in [6.45, 7) is 0. The third kappa shape index (κ3) is 1.68. The van der Waals surface area contributed by atoms with Crippen molar-refractivity contribution in [3.63, 3.8) is 0 Å². The van der Waals surface area contributed by atoms with Crippen molar-refractivity contribution < 1.29 is 4.74 Å². The molecule has 1 aromatic rings. The van der Waals surface area contributed by atoms with E-state index >= 15 is 0 Å². The van der Waals surface area contributed by atoms with Gasteiger partial charge in [-0.05, 0) is 42.0 Å². The standard InChI is InChI=1S/C11H13IO/c1-13-10-2-3-11-8(4-5-12)6-9(11)7-10/h2-3,7-8H,4-6H2,1H3. The first-order chi connectivity index (χ1) is 6.35. The Hall–Kier alpha value is -0.250. The molecular weight excluding hydrogens is 275 g/mol. The molecule has 13 heavy (non-hydrogen) atoms. The number of hydrogen-bond donors (Lipinski definition) is 0. The van der Waals surface area contributed by atoms with Crippen molar-refractivity contribution in [2.75, 3.05) is 11.5 Å². The summed E-state index contributed by atoms with van der Waals surface area (Å²) in [5.41, 5.74) is 3.02. The average molecular weight is 288 g/mol. The molecule has 0 aromatic heterocycles. The van der Waals surface area contributed by atoms with Crippen molar-refractivity contribution in [2.45, 2.75) is 18.8 Å². The van der Waals surface area contributed by atoms with E-state index in [0.29, 0.717) is 0 Å². The Morgan fingerprint density at radius 2 is 2.38 bits per heavy atom. The van der Waals surface area contributed by atoms with E-state index in [1.54, 1.807) is 7.11 Å². The summed E-state index contributed by atoms with van der Waals surface area (Å²) < 4.78 is 6.44. The first-order valence-corrected chi connectivity index (χ1v) is 6.10. The fraction of sp³-hybridized carbons (Fsp3) is 0.455. The van der Waals surface area contributed by atoms with E-state index in [1.807, 2.05) is 0 Å². The Bertz CT molecular complexity index is 309. The predicted molar refractivity (Wildman–Crippen MR) is 62.9 cm³/mol. The molecule has 1 aliphatic rings. The number of alkyl halides is 1. The van der Waals surface area contributed by atoms with Crippen LogP contribution in [0, 0.1) is 0 Å². The van der Waals surface area contributed by atoms with Gasteiger partial charge < -0.3 is 4.74 Å². The smallest absolute Gasteiger partial charge is 0.119 e. The molecule has 1 atom stereocenters. The van der Waals surface area contributed by atoms with Gasteiger partial charge in [-0.2, -0.15) is 0 Å². The highest BCUT2D eigenvalue weighted by atomic mass is 127. The molecule has 2 rings (SSSR count). The van der Waals surface area contributed by atoms with Gasteiger partial charge in [0.05, 0.1) is 7.11 Å². The molecule has 0 heterocycles. The third-order valence-electron chi connectivity index (χ3n) is 2.71. The monoisotopic (exact) mass is 288 g/mol. The fourth-order valence-corrected chi connectivity index (χ4v) is 2.67. The molecule has 1 unspecified atom stereocenters. The number of methoxy groups -OCH3 is 1. The summed E-state index contributed by atoms with van der Waals surface area (Å²) in [7, 11) is 1.72. The molecule has 0 radical (unpaired) electrons. The number of benzene rings is 1. The van der Waals surface area contributed by atoms with Gasteiger partial charge in [-0.3, -0.25) is 0 Å². The lowest BCUT2D eigenvalue weighted by Gasteiger charge is -2.30. The van der Waals surface area contributed by atoms with Crippen LogP contribution < -0.4 is 4.74 Å². The van der Waals surface area contributed by atoms with Gasteiger partial charge >= 0.3 is 0 Å².